The summed E-state index contributed by atoms with van der Waals surface area (Å²) in [5.74, 6) is 0.166. The summed E-state index contributed by atoms with van der Waals surface area (Å²) < 4.78 is 1.85. The third kappa shape index (κ3) is 4.31. The minimum atomic E-state index is -0.198. The van der Waals surface area contributed by atoms with Gasteiger partial charge < -0.3 is 11.1 Å². The van der Waals surface area contributed by atoms with Gasteiger partial charge in [0.2, 0.25) is 0 Å². The maximum atomic E-state index is 13.2. The van der Waals surface area contributed by atoms with Gasteiger partial charge in [-0.05, 0) is 55.7 Å². The molecule has 0 radical (unpaired) electrons. The summed E-state index contributed by atoms with van der Waals surface area (Å²) in [6, 6.07) is 13.9. The highest BCUT2D eigenvalue weighted by atomic mass is 16.1. The van der Waals surface area contributed by atoms with Crippen LogP contribution < -0.4 is 11.1 Å². The number of benzene rings is 2. The molecule has 0 unspecified atom stereocenters. The Labute approximate surface area is 188 Å². The molecule has 2 aromatic heterocycles. The van der Waals surface area contributed by atoms with Gasteiger partial charge in [-0.1, -0.05) is 50.8 Å². The number of hydrogen-bond donors (Lipinski definition) is 2. The zero-order chi connectivity index (χ0) is 22.7. The smallest absolute Gasteiger partial charge is 0.257 e. The van der Waals surface area contributed by atoms with Gasteiger partial charge in [-0.15, -0.1) is 0 Å². The van der Waals surface area contributed by atoms with Crippen molar-refractivity contribution < 1.29 is 4.79 Å². The van der Waals surface area contributed by atoms with Crippen molar-refractivity contribution in [3.63, 3.8) is 0 Å². The fraction of sp³-hybridized carbons (Fsp3) is 0.346. The molecule has 0 spiro atoms. The molecule has 0 aliphatic carbocycles. The van der Waals surface area contributed by atoms with E-state index in [0.717, 1.165) is 40.7 Å². The third-order valence-electron chi connectivity index (χ3n) is 5.76. The molecule has 0 aliphatic heterocycles. The number of amides is 1. The van der Waals surface area contributed by atoms with Crippen LogP contribution in [0.4, 0.5) is 5.82 Å². The van der Waals surface area contributed by atoms with Gasteiger partial charge in [0, 0.05) is 12.2 Å². The summed E-state index contributed by atoms with van der Waals surface area (Å²) in [6.07, 6.45) is 5.69. The Hall–Kier alpha value is -3.41. The van der Waals surface area contributed by atoms with E-state index < -0.39 is 0 Å². The molecular formula is C26H31N5O. The van der Waals surface area contributed by atoms with Crippen molar-refractivity contribution in [1.29, 1.82) is 0 Å². The maximum absolute atomic E-state index is 13.2. The first kappa shape index (κ1) is 21.8. The average molecular weight is 430 g/mol. The normalized spacial score (nSPS) is 11.3. The Balaban J connectivity index is 1.79. The summed E-state index contributed by atoms with van der Waals surface area (Å²) in [5, 5.41) is 3.04. The predicted octanol–water partition coefficient (Wildman–Crippen LogP) is 5.47. The molecule has 2 aromatic carbocycles. The van der Waals surface area contributed by atoms with Crippen LogP contribution in [0.2, 0.25) is 0 Å². The van der Waals surface area contributed by atoms with Gasteiger partial charge in [0.15, 0.2) is 5.65 Å². The van der Waals surface area contributed by atoms with Gasteiger partial charge in [-0.25, -0.2) is 9.97 Å². The minimum Gasteiger partial charge on any atom is -0.384 e. The van der Waals surface area contributed by atoms with Crippen LogP contribution in [-0.4, -0.2) is 27.0 Å². The van der Waals surface area contributed by atoms with E-state index in [0.29, 0.717) is 29.1 Å². The number of anilines is 1. The number of nitrogen functional groups attached to an aromatic ring is 1. The van der Waals surface area contributed by atoms with Crippen LogP contribution >= 0.6 is 0 Å². The molecule has 0 fully saturated rings. The zero-order valence-electron chi connectivity index (χ0n) is 19.1. The lowest BCUT2D eigenvalue weighted by Gasteiger charge is -2.10. The highest BCUT2D eigenvalue weighted by Gasteiger charge is 2.24. The van der Waals surface area contributed by atoms with E-state index in [4.69, 9.17) is 15.7 Å². The second-order valence-electron chi connectivity index (χ2n) is 8.50. The number of hydrogen-bond acceptors (Lipinski definition) is 4. The van der Waals surface area contributed by atoms with E-state index >= 15 is 0 Å². The van der Waals surface area contributed by atoms with E-state index in [2.05, 4.69) is 30.4 Å². The number of rotatable bonds is 8. The number of aryl methyl sites for hydroxylation is 2. The number of nitrogens with zero attached hydrogens (tertiary/aromatic N) is 3. The Morgan fingerprint density at radius 1 is 0.969 bits per heavy atom. The monoisotopic (exact) mass is 429 g/mol. The van der Waals surface area contributed by atoms with Gasteiger partial charge in [0.25, 0.3) is 5.91 Å². The fourth-order valence-electron chi connectivity index (χ4n) is 4.25. The molecule has 0 atom stereocenters. The predicted molar refractivity (Wildman–Crippen MR) is 131 cm³/mol. The molecule has 0 bridgehead atoms. The quantitative estimate of drug-likeness (QED) is 0.364. The van der Waals surface area contributed by atoms with Gasteiger partial charge in [-0.2, -0.15) is 0 Å². The summed E-state index contributed by atoms with van der Waals surface area (Å²) in [7, 11) is 0. The maximum Gasteiger partial charge on any atom is 0.257 e. The van der Waals surface area contributed by atoms with Crippen molar-refractivity contribution >= 4 is 33.9 Å². The molecule has 166 valence electrons. The molecule has 4 aromatic rings. The fourth-order valence-corrected chi connectivity index (χ4v) is 4.25. The Morgan fingerprint density at radius 2 is 1.62 bits per heavy atom. The second kappa shape index (κ2) is 9.39. The number of unbranched alkanes of at least 4 members (excludes halogenated alkanes) is 4. The van der Waals surface area contributed by atoms with Crippen LogP contribution in [-0.2, 0) is 0 Å². The lowest BCUT2D eigenvalue weighted by molar-refractivity contribution is 0.0955. The third-order valence-corrected chi connectivity index (χ3v) is 5.76. The summed E-state index contributed by atoms with van der Waals surface area (Å²) in [4.78, 5) is 22.9. The molecular weight excluding hydrogens is 398 g/mol. The molecule has 1 amide bonds. The molecule has 2 heterocycles. The van der Waals surface area contributed by atoms with Crippen LogP contribution in [0, 0.1) is 13.8 Å². The standard InChI is InChI=1S/C26H31N5O/c1-4-5-6-7-10-13-28-26(32)22-23-25(30-21-12-9-8-11-20(21)29-23)31(24(22)27)19-15-17(2)14-18(3)16-19/h8-9,11-12,14-16H,4-7,10,13,27H2,1-3H3,(H,28,32). The SMILES string of the molecule is CCCCCCCNC(=O)c1c(N)n(-c2cc(C)cc(C)c2)c2nc3ccccc3nc12. The molecule has 3 N–H and O–H groups in total. The molecule has 32 heavy (non-hydrogen) atoms. The van der Waals surface area contributed by atoms with Gasteiger partial charge in [0.05, 0.1) is 11.0 Å². The Bertz CT molecular complexity index is 1250. The first-order chi connectivity index (χ1) is 15.5. The summed E-state index contributed by atoms with van der Waals surface area (Å²) >= 11 is 0. The van der Waals surface area contributed by atoms with Crippen molar-refractivity contribution in [2.45, 2.75) is 52.9 Å². The van der Waals surface area contributed by atoms with Crippen LogP contribution in [0.5, 0.6) is 0 Å². The van der Waals surface area contributed by atoms with Crippen molar-refractivity contribution in [2.75, 3.05) is 12.3 Å². The first-order valence-electron chi connectivity index (χ1n) is 11.4. The minimum absolute atomic E-state index is 0.198. The van der Waals surface area contributed by atoms with E-state index in [1.165, 1.54) is 19.3 Å². The largest absolute Gasteiger partial charge is 0.384 e. The topological polar surface area (TPSA) is 85.8 Å². The van der Waals surface area contributed by atoms with Crippen molar-refractivity contribution in [3.05, 3.63) is 59.2 Å². The summed E-state index contributed by atoms with van der Waals surface area (Å²) in [5.41, 5.74) is 12.8. The number of aromatic nitrogens is 3. The number of carbonyl (C=O) groups is 1. The highest BCUT2D eigenvalue weighted by Crippen LogP contribution is 2.31. The van der Waals surface area contributed by atoms with Crippen LogP contribution in [0.3, 0.4) is 0 Å². The lowest BCUT2D eigenvalue weighted by Crippen LogP contribution is -2.25. The number of nitrogens with two attached hydrogens (primary N) is 1. The Kier molecular flexibility index (Phi) is 6.40. The van der Waals surface area contributed by atoms with Crippen molar-refractivity contribution in [3.8, 4) is 5.69 Å². The Morgan fingerprint density at radius 3 is 2.31 bits per heavy atom. The number of para-hydroxylation sites is 2. The van der Waals surface area contributed by atoms with Gasteiger partial charge in [-0.3, -0.25) is 9.36 Å². The van der Waals surface area contributed by atoms with Crippen LogP contribution in [0.25, 0.3) is 27.9 Å². The molecule has 4 rings (SSSR count). The van der Waals surface area contributed by atoms with Gasteiger partial charge >= 0.3 is 0 Å². The molecule has 6 nitrogen and oxygen atoms in total. The average Bonchev–Trinajstić information content (AvgIpc) is 3.04. The first-order valence-corrected chi connectivity index (χ1v) is 11.4. The van der Waals surface area contributed by atoms with Crippen LogP contribution in [0.1, 0.15) is 60.5 Å². The van der Waals surface area contributed by atoms with E-state index in [-0.39, 0.29) is 5.91 Å². The molecule has 0 saturated carbocycles. The lowest BCUT2D eigenvalue weighted by atomic mass is 10.1. The van der Waals surface area contributed by atoms with Crippen molar-refractivity contribution in [2.24, 2.45) is 0 Å². The van der Waals surface area contributed by atoms with Gasteiger partial charge in [0.1, 0.15) is 16.9 Å². The van der Waals surface area contributed by atoms with E-state index in [1.54, 1.807) is 0 Å². The van der Waals surface area contributed by atoms with Crippen LogP contribution in [0.15, 0.2) is 42.5 Å². The number of nitrogens with one attached hydrogen (secondary N) is 1. The van der Waals surface area contributed by atoms with E-state index in [1.807, 2.05) is 42.7 Å². The molecule has 0 aliphatic rings. The highest BCUT2D eigenvalue weighted by molar-refractivity contribution is 6.11. The zero-order valence-corrected chi connectivity index (χ0v) is 19.1. The van der Waals surface area contributed by atoms with Crippen molar-refractivity contribution in [1.82, 2.24) is 19.9 Å². The molecule has 6 heteroatoms. The number of carbonyl (C=O) groups excluding carboxylic acids is 1. The summed E-state index contributed by atoms with van der Waals surface area (Å²) in [6.45, 7) is 6.91. The molecule has 0 saturated heterocycles. The van der Waals surface area contributed by atoms with E-state index in [9.17, 15) is 4.79 Å². The number of fused-ring (bicyclic) bond motifs is 2. The second-order valence-corrected chi connectivity index (χ2v) is 8.50.